The van der Waals surface area contributed by atoms with Crippen molar-refractivity contribution in [3.63, 3.8) is 0 Å². The lowest BCUT2D eigenvalue weighted by Gasteiger charge is -2.35. The zero-order valence-corrected chi connectivity index (χ0v) is 20.0. The Morgan fingerprint density at radius 3 is 1.48 bits per heavy atom. The maximum atomic E-state index is 10.1. The molecule has 2 aliphatic rings. The van der Waals surface area contributed by atoms with Gasteiger partial charge in [0.15, 0.2) is 0 Å². The Labute approximate surface area is 178 Å². The fourth-order valence-electron chi connectivity index (χ4n) is 5.10. The van der Waals surface area contributed by atoms with E-state index in [2.05, 4.69) is 53.3 Å². The summed E-state index contributed by atoms with van der Waals surface area (Å²) in [4.78, 5) is 16.9. The van der Waals surface area contributed by atoms with Gasteiger partial charge in [0.25, 0.3) is 0 Å². The van der Waals surface area contributed by atoms with Crippen molar-refractivity contribution in [1.82, 2.24) is 0 Å². The Kier molecular flexibility index (Phi) is 13.5. The maximum absolute atomic E-state index is 10.1. The molecule has 2 rings (SSSR count). The van der Waals surface area contributed by atoms with Crippen molar-refractivity contribution < 1.29 is 27.5 Å². The molecule has 0 aromatic carbocycles. The number of hydrogen-bond donors (Lipinski definition) is 0. The molecule has 0 amide bonds. The summed E-state index contributed by atoms with van der Waals surface area (Å²) >= 11 is 0. The molecule has 0 radical (unpaired) electrons. The van der Waals surface area contributed by atoms with Gasteiger partial charge in [0.1, 0.15) is 7.91 Å². The van der Waals surface area contributed by atoms with Crippen molar-refractivity contribution in [2.45, 2.75) is 77.3 Å². The molecule has 0 N–H and O–H groups in total. The van der Waals surface area contributed by atoms with E-state index in [1.54, 1.807) is 0 Å². The van der Waals surface area contributed by atoms with Crippen molar-refractivity contribution in [2.75, 3.05) is 40.3 Å². The molecule has 29 heavy (non-hydrogen) atoms. The first-order valence-corrected chi connectivity index (χ1v) is 12.5. The molecule has 4 unspecified atom stereocenters. The molecule has 172 valence electrons. The molecule has 2 fully saturated rings. The van der Waals surface area contributed by atoms with Crippen LogP contribution in [0.4, 0.5) is 4.20 Å². The van der Waals surface area contributed by atoms with Crippen LogP contribution in [-0.2, 0) is 4.57 Å². The van der Waals surface area contributed by atoms with E-state index in [4.69, 9.17) is 14.4 Å². The normalized spacial score (nSPS) is 31.3. The van der Waals surface area contributed by atoms with E-state index in [9.17, 15) is 4.20 Å². The van der Waals surface area contributed by atoms with Crippen LogP contribution in [0.25, 0.3) is 0 Å². The quantitative estimate of drug-likeness (QED) is 0.330. The largest absolute Gasteiger partial charge is 0.786 e. The smallest absolute Gasteiger partial charge is 0.110 e. The Morgan fingerprint density at radius 2 is 1.24 bits per heavy atom. The Bertz CT molecular complexity index is 484. The lowest BCUT2D eigenvalue weighted by atomic mass is 10.1. The van der Waals surface area contributed by atoms with E-state index in [0.717, 1.165) is 12.1 Å². The van der Waals surface area contributed by atoms with Crippen LogP contribution in [0.5, 0.6) is 0 Å². The lowest BCUT2D eigenvalue weighted by molar-refractivity contribution is -0.920. The van der Waals surface area contributed by atoms with Gasteiger partial charge in [-0.2, -0.15) is 0 Å². The van der Waals surface area contributed by atoms with Crippen molar-refractivity contribution in [3.8, 4) is 0 Å². The minimum absolute atomic E-state index is 0.863. The van der Waals surface area contributed by atoms with Crippen molar-refractivity contribution in [1.29, 1.82) is 0 Å². The number of hydrogen-bond acceptors (Lipinski definition) is 3. The van der Waals surface area contributed by atoms with E-state index < -0.39 is 7.91 Å². The molecule has 2 aliphatic heterocycles. The first-order chi connectivity index (χ1) is 13.5. The van der Waals surface area contributed by atoms with E-state index in [1.165, 1.54) is 86.5 Å². The number of likely N-dealkylation sites (tertiary alicyclic amines) is 2. The third-order valence-corrected chi connectivity index (χ3v) is 6.52. The summed E-state index contributed by atoms with van der Waals surface area (Å²) in [5.41, 5.74) is 0. The highest BCUT2D eigenvalue weighted by molar-refractivity contribution is 7.42. The zero-order chi connectivity index (χ0) is 22.6. The van der Waals surface area contributed by atoms with Gasteiger partial charge in [0, 0.05) is 38.5 Å². The monoisotopic (exact) mass is 434 g/mol. The number of nitrogens with zero attached hydrogens (tertiary/aromatic N) is 2. The molecule has 0 spiro atoms. The van der Waals surface area contributed by atoms with E-state index in [0.29, 0.717) is 0 Å². The van der Waals surface area contributed by atoms with Crippen molar-refractivity contribution in [2.24, 2.45) is 0 Å². The number of halogens is 1. The van der Waals surface area contributed by atoms with Gasteiger partial charge >= 0.3 is 0 Å². The van der Waals surface area contributed by atoms with Crippen LogP contribution in [0.15, 0.2) is 25.3 Å². The molecular formula is C22H44FN2O3P. The molecule has 2 saturated heterocycles. The standard InChI is InChI=1S/2C11H22N.FH2O3P/c2*1-4-7-11-8-6-10-12(11,3)9-5-2;1-5(2,3)4/h2*4,11H,1,5-10H2,2-3H3;(H2,2,3,4)/q2*+1;/p-2. The Hall–Kier alpha value is -0.520. The van der Waals surface area contributed by atoms with Crippen LogP contribution in [0.2, 0.25) is 0 Å². The van der Waals surface area contributed by atoms with Crippen LogP contribution in [-0.4, -0.2) is 61.3 Å². The number of quaternary nitrogens is 2. The highest BCUT2D eigenvalue weighted by atomic mass is 31.2. The Morgan fingerprint density at radius 1 is 0.931 bits per heavy atom. The van der Waals surface area contributed by atoms with Crippen molar-refractivity contribution >= 4 is 7.91 Å². The first kappa shape index (κ1) is 28.5. The van der Waals surface area contributed by atoms with Gasteiger partial charge in [-0.1, -0.05) is 26.0 Å². The molecular weight excluding hydrogens is 390 g/mol. The summed E-state index contributed by atoms with van der Waals surface area (Å²) in [6.45, 7) is 17.7. The summed E-state index contributed by atoms with van der Waals surface area (Å²) in [6, 6.07) is 1.73. The van der Waals surface area contributed by atoms with Gasteiger partial charge in [-0.15, -0.1) is 13.2 Å². The molecule has 4 atom stereocenters. The zero-order valence-electron chi connectivity index (χ0n) is 19.2. The van der Waals surface area contributed by atoms with Gasteiger partial charge in [-0.3, -0.25) is 0 Å². The highest BCUT2D eigenvalue weighted by Crippen LogP contribution is 2.28. The molecule has 0 aliphatic carbocycles. The summed E-state index contributed by atoms with van der Waals surface area (Å²) in [6.07, 6.45) is 14.8. The molecule has 0 aromatic heterocycles. The van der Waals surface area contributed by atoms with Crippen LogP contribution < -0.4 is 9.79 Å². The van der Waals surface area contributed by atoms with Crippen LogP contribution in [0.1, 0.15) is 65.2 Å². The van der Waals surface area contributed by atoms with Gasteiger partial charge < -0.3 is 23.3 Å². The predicted molar refractivity (Wildman–Crippen MR) is 117 cm³/mol. The minimum atomic E-state index is -5.64. The van der Waals surface area contributed by atoms with Gasteiger partial charge in [0.2, 0.25) is 0 Å². The molecule has 7 heteroatoms. The van der Waals surface area contributed by atoms with Gasteiger partial charge in [-0.05, 0) is 12.8 Å². The van der Waals surface area contributed by atoms with Gasteiger partial charge in [0.05, 0.1) is 52.4 Å². The van der Waals surface area contributed by atoms with E-state index in [-0.39, 0.29) is 0 Å². The second kappa shape index (κ2) is 13.7. The molecule has 0 saturated carbocycles. The maximum Gasteiger partial charge on any atom is 0.110 e. The molecule has 0 bridgehead atoms. The highest BCUT2D eigenvalue weighted by Gasteiger charge is 2.36. The van der Waals surface area contributed by atoms with Crippen molar-refractivity contribution in [3.05, 3.63) is 25.3 Å². The number of rotatable bonds is 8. The molecule has 0 aromatic rings. The van der Waals surface area contributed by atoms with Crippen LogP contribution in [0.3, 0.4) is 0 Å². The third kappa shape index (κ3) is 11.4. The minimum Gasteiger partial charge on any atom is -0.786 e. The van der Waals surface area contributed by atoms with E-state index >= 15 is 0 Å². The summed E-state index contributed by atoms with van der Waals surface area (Å²) in [5, 5.41) is 0. The average Bonchev–Trinajstić information content (AvgIpc) is 3.12. The predicted octanol–water partition coefficient (Wildman–Crippen LogP) is 3.95. The fourth-order valence-corrected chi connectivity index (χ4v) is 5.10. The molecule has 5 nitrogen and oxygen atoms in total. The lowest BCUT2D eigenvalue weighted by Crippen LogP contribution is -2.48. The van der Waals surface area contributed by atoms with Crippen LogP contribution in [0, 0.1) is 0 Å². The van der Waals surface area contributed by atoms with E-state index in [1.807, 2.05) is 0 Å². The average molecular weight is 435 g/mol. The summed E-state index contributed by atoms with van der Waals surface area (Å²) < 4.78 is 21.2. The first-order valence-electron chi connectivity index (χ1n) is 11.1. The summed E-state index contributed by atoms with van der Waals surface area (Å²) in [5.74, 6) is 0. The SMILES string of the molecule is C=CCC1CCC[N+]1(C)CCC.C=CCC1CCC[N+]1(C)CCC.O=P([O-])([O-])F. The third-order valence-electron chi connectivity index (χ3n) is 6.52. The Balaban J connectivity index is 0.000000442. The second-order valence-corrected chi connectivity index (χ2v) is 9.79. The molecule has 2 heterocycles. The topological polar surface area (TPSA) is 63.2 Å². The second-order valence-electron chi connectivity index (χ2n) is 8.92. The van der Waals surface area contributed by atoms with Crippen LogP contribution >= 0.6 is 7.91 Å². The van der Waals surface area contributed by atoms with Gasteiger partial charge in [-0.25, -0.2) is 4.20 Å². The summed E-state index contributed by atoms with van der Waals surface area (Å²) in [7, 11) is -0.824. The fraction of sp³-hybridized carbons (Fsp3) is 0.818.